The quantitative estimate of drug-likeness (QED) is 0.639. The summed E-state index contributed by atoms with van der Waals surface area (Å²) in [6.45, 7) is 0.618. The van der Waals surface area contributed by atoms with E-state index in [4.69, 9.17) is 4.74 Å². The van der Waals surface area contributed by atoms with Crippen molar-refractivity contribution in [3.8, 4) is 16.3 Å². The van der Waals surface area contributed by atoms with Gasteiger partial charge in [0, 0.05) is 18.7 Å². The number of hydrogen-bond acceptors (Lipinski definition) is 5. The van der Waals surface area contributed by atoms with Crippen molar-refractivity contribution in [3.05, 3.63) is 75.9 Å². The molecule has 0 saturated heterocycles. The van der Waals surface area contributed by atoms with Crippen LogP contribution in [0.25, 0.3) is 16.6 Å². The van der Waals surface area contributed by atoms with Crippen LogP contribution in [0.15, 0.2) is 64.8 Å². The summed E-state index contributed by atoms with van der Waals surface area (Å²) in [6, 6.07) is 14.5. The number of hydrogen-bond donors (Lipinski definition) is 1. The number of ether oxygens (including phenoxy) is 1. The highest BCUT2D eigenvalue weighted by Gasteiger charge is 2.04. The first kappa shape index (κ1) is 18.6. The number of amides is 1. The molecule has 0 atom stereocenters. The lowest BCUT2D eigenvalue weighted by Crippen LogP contribution is -2.31. The number of methoxy groups -OCH3 is 1. The zero-order valence-corrected chi connectivity index (χ0v) is 15.6. The summed E-state index contributed by atoms with van der Waals surface area (Å²) in [5.74, 6) is 0.535. The Hall–Kier alpha value is -3.19. The van der Waals surface area contributed by atoms with Gasteiger partial charge in [0.25, 0.3) is 5.56 Å². The SMILES string of the molecule is COc1ccc(/C=C/C(=O)NCCn2nc(-c3cccs3)ccc2=O)cc1. The number of nitrogens with zero attached hydrogens (tertiary/aromatic N) is 2. The highest BCUT2D eigenvalue weighted by Crippen LogP contribution is 2.20. The highest BCUT2D eigenvalue weighted by atomic mass is 32.1. The molecule has 0 bridgehead atoms. The van der Waals surface area contributed by atoms with Crippen LogP contribution in [0.2, 0.25) is 0 Å². The van der Waals surface area contributed by atoms with Crippen molar-refractivity contribution in [2.75, 3.05) is 13.7 Å². The van der Waals surface area contributed by atoms with Gasteiger partial charge in [-0.15, -0.1) is 11.3 Å². The molecule has 0 radical (unpaired) electrons. The van der Waals surface area contributed by atoms with E-state index in [0.717, 1.165) is 21.9 Å². The van der Waals surface area contributed by atoms with Crippen molar-refractivity contribution in [2.45, 2.75) is 6.54 Å². The first-order chi connectivity index (χ1) is 13.2. The largest absolute Gasteiger partial charge is 0.497 e. The second-order valence-electron chi connectivity index (χ2n) is 5.65. The molecule has 2 aromatic heterocycles. The Morgan fingerprint density at radius 1 is 1.22 bits per heavy atom. The van der Waals surface area contributed by atoms with Crippen molar-refractivity contribution in [1.82, 2.24) is 15.1 Å². The molecule has 0 aliphatic rings. The lowest BCUT2D eigenvalue weighted by atomic mass is 10.2. The van der Waals surface area contributed by atoms with Gasteiger partial charge in [0.1, 0.15) is 11.4 Å². The molecule has 1 aromatic carbocycles. The van der Waals surface area contributed by atoms with Crippen molar-refractivity contribution in [1.29, 1.82) is 0 Å². The third-order valence-corrected chi connectivity index (χ3v) is 4.70. The van der Waals surface area contributed by atoms with Crippen LogP contribution >= 0.6 is 11.3 Å². The molecular weight excluding hydrogens is 362 g/mol. The molecule has 1 N–H and O–H groups in total. The van der Waals surface area contributed by atoms with Crippen molar-refractivity contribution in [2.24, 2.45) is 0 Å². The van der Waals surface area contributed by atoms with Gasteiger partial charge in [-0.3, -0.25) is 9.59 Å². The first-order valence-electron chi connectivity index (χ1n) is 8.38. The van der Waals surface area contributed by atoms with Gasteiger partial charge >= 0.3 is 0 Å². The maximum atomic E-state index is 11.9. The van der Waals surface area contributed by atoms with E-state index in [9.17, 15) is 9.59 Å². The van der Waals surface area contributed by atoms with Crippen molar-refractivity contribution < 1.29 is 9.53 Å². The zero-order chi connectivity index (χ0) is 19.1. The Bertz CT molecular complexity index is 976. The summed E-state index contributed by atoms with van der Waals surface area (Å²) in [7, 11) is 1.61. The predicted molar refractivity (Wildman–Crippen MR) is 107 cm³/mol. The molecule has 0 unspecified atom stereocenters. The number of carbonyl (C=O) groups excluding carboxylic acids is 1. The van der Waals surface area contributed by atoms with Crippen molar-refractivity contribution in [3.63, 3.8) is 0 Å². The lowest BCUT2D eigenvalue weighted by molar-refractivity contribution is -0.116. The summed E-state index contributed by atoms with van der Waals surface area (Å²) < 4.78 is 6.46. The van der Waals surface area contributed by atoms with Gasteiger partial charge in [-0.1, -0.05) is 18.2 Å². The minimum atomic E-state index is -0.228. The average molecular weight is 381 g/mol. The Morgan fingerprint density at radius 3 is 2.74 bits per heavy atom. The number of rotatable bonds is 7. The van der Waals surface area contributed by atoms with Gasteiger partial charge in [0.2, 0.25) is 5.91 Å². The summed E-state index contributed by atoms with van der Waals surface area (Å²) in [5, 5.41) is 9.07. The fourth-order valence-corrected chi connectivity index (χ4v) is 3.09. The van der Waals surface area contributed by atoms with E-state index >= 15 is 0 Å². The van der Waals surface area contributed by atoms with Gasteiger partial charge in [-0.2, -0.15) is 5.10 Å². The number of carbonyl (C=O) groups is 1. The molecule has 0 aliphatic heterocycles. The van der Waals surface area contributed by atoms with Gasteiger partial charge in [0.15, 0.2) is 0 Å². The van der Waals surface area contributed by atoms with E-state index in [1.165, 1.54) is 16.8 Å². The molecule has 138 valence electrons. The van der Waals surface area contributed by atoms with Crippen LogP contribution in [0, 0.1) is 0 Å². The molecule has 1 amide bonds. The summed E-state index contributed by atoms with van der Waals surface area (Å²) in [4.78, 5) is 24.9. The molecule has 0 saturated carbocycles. The van der Waals surface area contributed by atoms with Gasteiger partial charge in [0.05, 0.1) is 18.5 Å². The predicted octanol–water partition coefficient (Wildman–Crippen LogP) is 2.81. The molecular formula is C20H19N3O3S. The van der Waals surface area contributed by atoms with E-state index in [1.54, 1.807) is 30.6 Å². The molecule has 27 heavy (non-hydrogen) atoms. The number of nitrogens with one attached hydrogen (secondary N) is 1. The van der Waals surface area contributed by atoms with Crippen LogP contribution in [0.5, 0.6) is 5.75 Å². The molecule has 0 aliphatic carbocycles. The summed E-state index contributed by atoms with van der Waals surface area (Å²) in [6.07, 6.45) is 3.18. The summed E-state index contributed by atoms with van der Waals surface area (Å²) >= 11 is 1.56. The van der Waals surface area contributed by atoms with Crippen LogP contribution in [0.3, 0.4) is 0 Å². The topological polar surface area (TPSA) is 73.2 Å². The van der Waals surface area contributed by atoms with E-state index < -0.39 is 0 Å². The molecule has 0 fully saturated rings. The van der Waals surface area contributed by atoms with E-state index in [2.05, 4.69) is 10.4 Å². The second-order valence-corrected chi connectivity index (χ2v) is 6.60. The van der Waals surface area contributed by atoms with E-state index in [-0.39, 0.29) is 11.5 Å². The maximum Gasteiger partial charge on any atom is 0.266 e. The molecule has 3 rings (SSSR count). The number of aromatic nitrogens is 2. The fourth-order valence-electron chi connectivity index (χ4n) is 2.40. The van der Waals surface area contributed by atoms with Crippen LogP contribution in [0.4, 0.5) is 0 Å². The van der Waals surface area contributed by atoms with E-state index in [1.807, 2.05) is 41.8 Å². The van der Waals surface area contributed by atoms with Gasteiger partial charge in [-0.25, -0.2) is 4.68 Å². The molecule has 3 aromatic rings. The van der Waals surface area contributed by atoms with E-state index in [0.29, 0.717) is 13.1 Å². The van der Waals surface area contributed by atoms with Crippen LogP contribution in [0.1, 0.15) is 5.56 Å². The molecule has 2 heterocycles. The summed E-state index contributed by atoms with van der Waals surface area (Å²) in [5.41, 5.74) is 1.45. The lowest BCUT2D eigenvalue weighted by Gasteiger charge is -2.06. The smallest absolute Gasteiger partial charge is 0.266 e. The Balaban J connectivity index is 1.54. The maximum absolute atomic E-state index is 11.9. The third kappa shape index (κ3) is 5.15. The minimum absolute atomic E-state index is 0.196. The van der Waals surface area contributed by atoms with Crippen molar-refractivity contribution >= 4 is 23.3 Å². The molecule has 7 heteroatoms. The molecule has 6 nitrogen and oxygen atoms in total. The zero-order valence-electron chi connectivity index (χ0n) is 14.8. The van der Waals surface area contributed by atoms with Gasteiger partial charge in [-0.05, 0) is 41.3 Å². The highest BCUT2D eigenvalue weighted by molar-refractivity contribution is 7.13. The first-order valence-corrected chi connectivity index (χ1v) is 9.26. The Morgan fingerprint density at radius 2 is 2.04 bits per heavy atom. The average Bonchev–Trinajstić information content (AvgIpc) is 3.23. The Kier molecular flexibility index (Phi) is 6.17. The fraction of sp³-hybridized carbons (Fsp3) is 0.150. The van der Waals surface area contributed by atoms with Gasteiger partial charge < -0.3 is 10.1 Å². The minimum Gasteiger partial charge on any atom is -0.497 e. The van der Waals surface area contributed by atoms with Crippen LogP contribution in [-0.4, -0.2) is 29.3 Å². The van der Waals surface area contributed by atoms with Crippen LogP contribution < -0.4 is 15.6 Å². The monoisotopic (exact) mass is 381 g/mol. The third-order valence-electron chi connectivity index (χ3n) is 3.81. The molecule has 0 spiro atoms. The number of thiophene rings is 1. The second kappa shape index (κ2) is 8.95. The number of benzene rings is 1. The Labute approximate surface area is 160 Å². The standard InChI is InChI=1S/C20H19N3O3S/c1-26-16-7-4-15(5-8-16)6-10-19(24)21-12-13-23-20(25)11-9-17(22-23)18-3-2-14-27-18/h2-11,14H,12-13H2,1H3,(H,21,24)/b10-6+. The normalized spacial score (nSPS) is 10.9. The van der Waals surface area contributed by atoms with Crippen LogP contribution in [-0.2, 0) is 11.3 Å².